The van der Waals surface area contributed by atoms with Crippen molar-refractivity contribution in [1.29, 1.82) is 0 Å². The molecule has 0 aliphatic heterocycles. The normalized spacial score (nSPS) is 12.4. The van der Waals surface area contributed by atoms with Gasteiger partial charge in [0.2, 0.25) is 0 Å². The van der Waals surface area contributed by atoms with E-state index in [2.05, 4.69) is 25.7 Å². The lowest BCUT2D eigenvalue weighted by Crippen LogP contribution is -2.29. The molecule has 0 aromatic rings. The van der Waals surface area contributed by atoms with Crippen LogP contribution in [0.3, 0.4) is 0 Å². The maximum atomic E-state index is 6.07. The highest BCUT2D eigenvalue weighted by molar-refractivity contribution is 4.98. The van der Waals surface area contributed by atoms with Crippen molar-refractivity contribution < 1.29 is 0 Å². The smallest absolute Gasteiger partial charge is 0.0243 e. The van der Waals surface area contributed by atoms with Crippen LogP contribution < -0.4 is 5.73 Å². The second-order valence-electron chi connectivity index (χ2n) is 3.63. The molecule has 0 fully saturated rings. The molecule has 1 unspecified atom stereocenters. The number of hydrogen-bond donors (Lipinski definition) is 1. The van der Waals surface area contributed by atoms with E-state index in [0.717, 1.165) is 6.42 Å². The third kappa shape index (κ3) is 5.71. The third-order valence-electron chi connectivity index (χ3n) is 2.44. The average Bonchev–Trinajstić information content (AvgIpc) is 2.14. The zero-order chi connectivity index (χ0) is 10.1. The van der Waals surface area contributed by atoms with Crippen LogP contribution in [0.15, 0.2) is 0 Å². The molecule has 13 heavy (non-hydrogen) atoms. The monoisotopic (exact) mass is 181 g/mol. The number of rotatable bonds is 6. The molecule has 0 aromatic heterocycles. The van der Waals surface area contributed by atoms with Crippen LogP contribution in [0.4, 0.5) is 0 Å². The van der Waals surface area contributed by atoms with Crippen molar-refractivity contribution in [1.82, 2.24) is 0 Å². The molecule has 76 valence electrons. The van der Waals surface area contributed by atoms with Crippen LogP contribution in [0.25, 0.3) is 0 Å². The standard InChI is InChI=1S/C12H23N/c1-4-7-10-12(13)11(8-5-2)9-6-3/h11-12H,5-6,8-10,13H2,1-3H3. The maximum absolute atomic E-state index is 6.07. The van der Waals surface area contributed by atoms with E-state index in [-0.39, 0.29) is 6.04 Å². The van der Waals surface area contributed by atoms with Gasteiger partial charge in [0.05, 0.1) is 0 Å². The van der Waals surface area contributed by atoms with Crippen molar-refractivity contribution in [3.8, 4) is 11.8 Å². The minimum atomic E-state index is 0.285. The fourth-order valence-electron chi connectivity index (χ4n) is 1.70. The van der Waals surface area contributed by atoms with Crippen LogP contribution in [0.5, 0.6) is 0 Å². The molecule has 1 heteroatoms. The van der Waals surface area contributed by atoms with Gasteiger partial charge in [0.15, 0.2) is 0 Å². The minimum absolute atomic E-state index is 0.285. The molecule has 0 radical (unpaired) electrons. The molecule has 0 aliphatic carbocycles. The molecule has 1 nitrogen and oxygen atoms in total. The van der Waals surface area contributed by atoms with Crippen LogP contribution >= 0.6 is 0 Å². The van der Waals surface area contributed by atoms with E-state index in [1.165, 1.54) is 25.7 Å². The first-order valence-corrected chi connectivity index (χ1v) is 5.41. The van der Waals surface area contributed by atoms with E-state index in [4.69, 9.17) is 5.73 Å². The highest BCUT2D eigenvalue weighted by Gasteiger charge is 2.14. The van der Waals surface area contributed by atoms with Gasteiger partial charge in [-0.1, -0.05) is 26.7 Å². The second-order valence-corrected chi connectivity index (χ2v) is 3.63. The summed E-state index contributed by atoms with van der Waals surface area (Å²) in [5, 5.41) is 0. The number of hydrogen-bond acceptors (Lipinski definition) is 1. The highest BCUT2D eigenvalue weighted by atomic mass is 14.6. The lowest BCUT2D eigenvalue weighted by Gasteiger charge is -2.21. The largest absolute Gasteiger partial charge is 0.327 e. The summed E-state index contributed by atoms with van der Waals surface area (Å²) in [6.07, 6.45) is 5.83. The third-order valence-corrected chi connectivity index (χ3v) is 2.44. The van der Waals surface area contributed by atoms with E-state index in [9.17, 15) is 0 Å². The van der Waals surface area contributed by atoms with Gasteiger partial charge in [0.25, 0.3) is 0 Å². The summed E-state index contributed by atoms with van der Waals surface area (Å²) in [5.41, 5.74) is 6.07. The lowest BCUT2D eigenvalue weighted by atomic mass is 9.89. The zero-order valence-electron chi connectivity index (χ0n) is 9.27. The van der Waals surface area contributed by atoms with Gasteiger partial charge in [-0.05, 0) is 25.7 Å². The van der Waals surface area contributed by atoms with Gasteiger partial charge in [0.1, 0.15) is 0 Å². The SMILES string of the molecule is CC#CCC(N)C(CCC)CCC. The summed E-state index contributed by atoms with van der Waals surface area (Å²) >= 11 is 0. The minimum Gasteiger partial charge on any atom is -0.327 e. The second kappa shape index (κ2) is 8.13. The Morgan fingerprint density at radius 1 is 1.15 bits per heavy atom. The average molecular weight is 181 g/mol. The molecule has 2 N–H and O–H groups in total. The van der Waals surface area contributed by atoms with E-state index in [1.807, 2.05) is 6.92 Å². The van der Waals surface area contributed by atoms with Crippen molar-refractivity contribution in [3.63, 3.8) is 0 Å². The summed E-state index contributed by atoms with van der Waals surface area (Å²) < 4.78 is 0. The van der Waals surface area contributed by atoms with Gasteiger partial charge in [0, 0.05) is 12.5 Å². The Hall–Kier alpha value is -0.480. The molecule has 0 aromatic carbocycles. The van der Waals surface area contributed by atoms with Gasteiger partial charge in [-0.2, -0.15) is 0 Å². The molecule has 0 bridgehead atoms. The summed E-state index contributed by atoms with van der Waals surface area (Å²) in [5.74, 6) is 6.65. The summed E-state index contributed by atoms with van der Waals surface area (Å²) in [4.78, 5) is 0. The van der Waals surface area contributed by atoms with Gasteiger partial charge in [-0.3, -0.25) is 0 Å². The van der Waals surface area contributed by atoms with Gasteiger partial charge in [-0.15, -0.1) is 11.8 Å². The summed E-state index contributed by atoms with van der Waals surface area (Å²) in [6.45, 7) is 6.32. The Labute approximate surface area is 83.1 Å². The molecule has 0 spiro atoms. The van der Waals surface area contributed by atoms with Crippen molar-refractivity contribution in [2.24, 2.45) is 11.7 Å². The van der Waals surface area contributed by atoms with Crippen molar-refractivity contribution in [2.75, 3.05) is 0 Å². The van der Waals surface area contributed by atoms with Crippen molar-refractivity contribution in [3.05, 3.63) is 0 Å². The first kappa shape index (κ1) is 12.5. The van der Waals surface area contributed by atoms with Crippen LogP contribution in [0, 0.1) is 17.8 Å². The predicted octanol–water partition coefficient (Wildman–Crippen LogP) is 2.94. The van der Waals surface area contributed by atoms with Gasteiger partial charge >= 0.3 is 0 Å². The fourth-order valence-corrected chi connectivity index (χ4v) is 1.70. The topological polar surface area (TPSA) is 26.0 Å². The quantitative estimate of drug-likeness (QED) is 0.626. The Morgan fingerprint density at radius 2 is 1.69 bits per heavy atom. The molecule has 0 heterocycles. The summed E-state index contributed by atoms with van der Waals surface area (Å²) in [7, 11) is 0. The lowest BCUT2D eigenvalue weighted by molar-refractivity contribution is 0.365. The fraction of sp³-hybridized carbons (Fsp3) is 0.833. The molecule has 0 amide bonds. The molecule has 0 saturated carbocycles. The van der Waals surface area contributed by atoms with Crippen LogP contribution in [0.1, 0.15) is 52.9 Å². The number of nitrogens with two attached hydrogens (primary N) is 1. The van der Waals surface area contributed by atoms with E-state index >= 15 is 0 Å². The Balaban J connectivity index is 3.91. The van der Waals surface area contributed by atoms with Gasteiger partial charge < -0.3 is 5.73 Å². The highest BCUT2D eigenvalue weighted by Crippen LogP contribution is 2.18. The van der Waals surface area contributed by atoms with E-state index in [0.29, 0.717) is 5.92 Å². The van der Waals surface area contributed by atoms with Crippen LogP contribution in [0.2, 0.25) is 0 Å². The Kier molecular flexibility index (Phi) is 7.83. The molecule has 0 aliphatic rings. The van der Waals surface area contributed by atoms with Crippen LogP contribution in [-0.4, -0.2) is 6.04 Å². The van der Waals surface area contributed by atoms with Gasteiger partial charge in [-0.25, -0.2) is 0 Å². The summed E-state index contributed by atoms with van der Waals surface area (Å²) in [6, 6.07) is 0.285. The van der Waals surface area contributed by atoms with E-state index in [1.54, 1.807) is 0 Å². The molecule has 0 rings (SSSR count). The Morgan fingerprint density at radius 3 is 2.08 bits per heavy atom. The van der Waals surface area contributed by atoms with Crippen molar-refractivity contribution >= 4 is 0 Å². The maximum Gasteiger partial charge on any atom is 0.0243 e. The predicted molar refractivity (Wildman–Crippen MR) is 59.3 cm³/mol. The first-order chi connectivity index (χ1) is 6.26. The zero-order valence-corrected chi connectivity index (χ0v) is 9.27. The Bertz CT molecular complexity index is 158. The molecule has 1 atom stereocenters. The first-order valence-electron chi connectivity index (χ1n) is 5.41. The van der Waals surface area contributed by atoms with Crippen LogP contribution in [-0.2, 0) is 0 Å². The molecular formula is C12H23N. The van der Waals surface area contributed by atoms with E-state index < -0.39 is 0 Å². The molecule has 0 saturated heterocycles. The molecular weight excluding hydrogens is 158 g/mol. The van der Waals surface area contributed by atoms with Crippen molar-refractivity contribution in [2.45, 2.75) is 58.9 Å².